The highest BCUT2D eigenvalue weighted by molar-refractivity contribution is 7.11. The lowest BCUT2D eigenvalue weighted by atomic mass is 9.98. The number of benzene rings is 1. The molecule has 0 amide bonds. The molecule has 1 atom stereocenters. The van der Waals surface area contributed by atoms with Crippen molar-refractivity contribution in [3.63, 3.8) is 0 Å². The van der Waals surface area contributed by atoms with Crippen molar-refractivity contribution in [1.82, 2.24) is 9.88 Å². The predicted molar refractivity (Wildman–Crippen MR) is 93.2 cm³/mol. The largest absolute Gasteiger partial charge is 0.396 e. The first-order chi connectivity index (χ1) is 10.4. The van der Waals surface area contributed by atoms with Crippen LogP contribution in [0.2, 0.25) is 0 Å². The molecule has 0 radical (unpaired) electrons. The number of nitrogens with zero attached hydrogens (tertiary/aromatic N) is 2. The quantitative estimate of drug-likeness (QED) is 0.874. The van der Waals surface area contributed by atoms with Crippen LogP contribution in [0.5, 0.6) is 0 Å². The van der Waals surface area contributed by atoms with Gasteiger partial charge in [-0.2, -0.15) is 0 Å². The molecule has 1 aromatic carbocycles. The van der Waals surface area contributed by atoms with Crippen molar-refractivity contribution < 1.29 is 5.11 Å². The average Bonchev–Trinajstić information content (AvgIpc) is 2.94. The minimum Gasteiger partial charge on any atom is -0.396 e. The molecule has 22 heavy (non-hydrogen) atoms. The second-order valence-corrected chi connectivity index (χ2v) is 7.85. The molecule has 3 nitrogen and oxygen atoms in total. The molecule has 0 aliphatic carbocycles. The van der Waals surface area contributed by atoms with Gasteiger partial charge in [0.1, 0.15) is 0 Å². The first-order valence-electron chi connectivity index (χ1n) is 7.73. The second kappa shape index (κ2) is 7.36. The standard InChI is InChI=1S/C18H26N2OS/c1-18(2,3)17-19-12-15(22-17)13-20(4)16(10-11-21)14-8-6-5-7-9-14/h5-9,12,16,21H,10-11,13H2,1-4H3. The maximum atomic E-state index is 9.39. The second-order valence-electron chi connectivity index (χ2n) is 6.74. The van der Waals surface area contributed by atoms with E-state index in [0.717, 1.165) is 13.0 Å². The van der Waals surface area contributed by atoms with E-state index in [2.05, 4.69) is 62.0 Å². The SMILES string of the molecule is CN(Cc1cnc(C(C)(C)C)s1)C(CCO)c1ccccc1. The number of aliphatic hydroxyl groups excluding tert-OH is 1. The van der Waals surface area contributed by atoms with E-state index in [1.165, 1.54) is 15.4 Å². The van der Waals surface area contributed by atoms with Crippen LogP contribution < -0.4 is 0 Å². The third-order valence-corrected chi connectivity index (χ3v) is 5.13. The van der Waals surface area contributed by atoms with Gasteiger partial charge in [-0.3, -0.25) is 4.90 Å². The van der Waals surface area contributed by atoms with Crippen LogP contribution in [-0.4, -0.2) is 28.6 Å². The third-order valence-electron chi connectivity index (χ3n) is 3.72. The zero-order chi connectivity index (χ0) is 16.2. The molecule has 0 saturated heterocycles. The Morgan fingerprint density at radius 1 is 1.23 bits per heavy atom. The molecule has 0 spiro atoms. The van der Waals surface area contributed by atoms with Gasteiger partial charge in [0.2, 0.25) is 0 Å². The fourth-order valence-corrected chi connectivity index (χ4v) is 3.56. The Kier molecular flexibility index (Phi) is 5.73. The Hall–Kier alpha value is -1.23. The summed E-state index contributed by atoms with van der Waals surface area (Å²) in [5, 5.41) is 10.6. The maximum absolute atomic E-state index is 9.39. The Balaban J connectivity index is 2.11. The van der Waals surface area contributed by atoms with Crippen molar-refractivity contribution in [1.29, 1.82) is 0 Å². The first-order valence-corrected chi connectivity index (χ1v) is 8.54. The smallest absolute Gasteiger partial charge is 0.0981 e. The van der Waals surface area contributed by atoms with Gasteiger partial charge in [-0.25, -0.2) is 4.98 Å². The molecule has 120 valence electrons. The Morgan fingerprint density at radius 3 is 2.45 bits per heavy atom. The maximum Gasteiger partial charge on any atom is 0.0981 e. The molecular weight excluding hydrogens is 292 g/mol. The molecule has 0 bridgehead atoms. The lowest BCUT2D eigenvalue weighted by Crippen LogP contribution is -2.24. The molecule has 2 aromatic rings. The molecule has 4 heteroatoms. The molecule has 0 aliphatic rings. The van der Waals surface area contributed by atoms with Gasteiger partial charge in [0.25, 0.3) is 0 Å². The third kappa shape index (κ3) is 4.38. The van der Waals surface area contributed by atoms with Gasteiger partial charge in [-0.05, 0) is 19.0 Å². The van der Waals surface area contributed by atoms with Crippen molar-refractivity contribution in [2.45, 2.75) is 45.2 Å². The molecule has 0 saturated carbocycles. The van der Waals surface area contributed by atoms with Crippen LogP contribution in [0, 0.1) is 0 Å². The van der Waals surface area contributed by atoms with Crippen molar-refractivity contribution in [3.05, 3.63) is 52.0 Å². The van der Waals surface area contributed by atoms with E-state index in [0.29, 0.717) is 0 Å². The highest BCUT2D eigenvalue weighted by atomic mass is 32.1. The van der Waals surface area contributed by atoms with E-state index in [9.17, 15) is 5.11 Å². The molecule has 1 unspecified atom stereocenters. The summed E-state index contributed by atoms with van der Waals surface area (Å²) in [6.07, 6.45) is 2.73. The van der Waals surface area contributed by atoms with Gasteiger partial charge in [-0.15, -0.1) is 11.3 Å². The van der Waals surface area contributed by atoms with E-state index in [-0.39, 0.29) is 18.1 Å². The summed E-state index contributed by atoms with van der Waals surface area (Å²) in [5.74, 6) is 0. The molecule has 0 aliphatic heterocycles. The lowest BCUT2D eigenvalue weighted by molar-refractivity contribution is 0.181. The first kappa shape index (κ1) is 17.1. The molecular formula is C18H26N2OS. The van der Waals surface area contributed by atoms with Gasteiger partial charge in [-0.1, -0.05) is 51.1 Å². The van der Waals surface area contributed by atoms with E-state index in [1.807, 2.05) is 12.3 Å². The molecule has 1 aromatic heterocycles. The Bertz CT molecular complexity index is 574. The minimum absolute atomic E-state index is 0.103. The van der Waals surface area contributed by atoms with Crippen LogP contribution in [0.1, 0.15) is 48.7 Å². The van der Waals surface area contributed by atoms with Gasteiger partial charge in [0.15, 0.2) is 0 Å². The van der Waals surface area contributed by atoms with Gasteiger partial charge >= 0.3 is 0 Å². The van der Waals surface area contributed by atoms with Crippen molar-refractivity contribution in [2.75, 3.05) is 13.7 Å². The minimum atomic E-state index is 0.103. The predicted octanol–water partition coefficient (Wildman–Crippen LogP) is 4.00. The zero-order valence-corrected chi connectivity index (χ0v) is 14.7. The molecule has 1 N–H and O–H groups in total. The number of hydrogen-bond donors (Lipinski definition) is 1. The summed E-state index contributed by atoms with van der Waals surface area (Å²) >= 11 is 1.78. The number of aromatic nitrogens is 1. The van der Waals surface area contributed by atoms with Crippen LogP contribution in [0.3, 0.4) is 0 Å². The van der Waals surface area contributed by atoms with Crippen molar-refractivity contribution in [3.8, 4) is 0 Å². The van der Waals surface area contributed by atoms with Crippen LogP contribution >= 0.6 is 11.3 Å². The van der Waals surface area contributed by atoms with Crippen LogP contribution in [0.25, 0.3) is 0 Å². The van der Waals surface area contributed by atoms with E-state index < -0.39 is 0 Å². The van der Waals surface area contributed by atoms with Crippen molar-refractivity contribution in [2.24, 2.45) is 0 Å². The van der Waals surface area contributed by atoms with Crippen molar-refractivity contribution >= 4 is 11.3 Å². The summed E-state index contributed by atoms with van der Waals surface area (Å²) in [5.41, 5.74) is 1.35. The number of hydrogen-bond acceptors (Lipinski definition) is 4. The zero-order valence-electron chi connectivity index (χ0n) is 13.9. The highest BCUT2D eigenvalue weighted by Crippen LogP contribution is 2.29. The Morgan fingerprint density at radius 2 is 1.91 bits per heavy atom. The summed E-state index contributed by atoms with van der Waals surface area (Å²) in [7, 11) is 2.11. The van der Waals surface area contributed by atoms with Crippen LogP contribution in [0.15, 0.2) is 36.5 Å². The molecule has 0 fully saturated rings. The summed E-state index contributed by atoms with van der Waals surface area (Å²) in [6, 6.07) is 10.6. The number of thiazole rings is 1. The van der Waals surface area contributed by atoms with E-state index in [1.54, 1.807) is 11.3 Å². The topological polar surface area (TPSA) is 36.4 Å². The monoisotopic (exact) mass is 318 g/mol. The fourth-order valence-electron chi connectivity index (χ4n) is 2.52. The van der Waals surface area contributed by atoms with E-state index in [4.69, 9.17) is 0 Å². The van der Waals surface area contributed by atoms with Gasteiger partial charge in [0.05, 0.1) is 5.01 Å². The van der Waals surface area contributed by atoms with Crippen LogP contribution in [-0.2, 0) is 12.0 Å². The Labute approximate surface area is 137 Å². The number of aliphatic hydroxyl groups is 1. The molecule has 2 rings (SSSR count). The normalized spacial score (nSPS) is 13.5. The highest BCUT2D eigenvalue weighted by Gasteiger charge is 2.21. The molecule has 1 heterocycles. The summed E-state index contributed by atoms with van der Waals surface area (Å²) < 4.78 is 0. The summed E-state index contributed by atoms with van der Waals surface area (Å²) in [4.78, 5) is 8.13. The lowest BCUT2D eigenvalue weighted by Gasteiger charge is -2.27. The van der Waals surface area contributed by atoms with Gasteiger partial charge in [0, 0.05) is 35.7 Å². The number of rotatable bonds is 6. The van der Waals surface area contributed by atoms with Crippen LogP contribution in [0.4, 0.5) is 0 Å². The average molecular weight is 318 g/mol. The van der Waals surface area contributed by atoms with Gasteiger partial charge < -0.3 is 5.11 Å². The summed E-state index contributed by atoms with van der Waals surface area (Å²) in [6.45, 7) is 7.63. The fraction of sp³-hybridized carbons (Fsp3) is 0.500. The van der Waals surface area contributed by atoms with E-state index >= 15 is 0 Å².